The van der Waals surface area contributed by atoms with E-state index in [2.05, 4.69) is 16.0 Å². The second-order valence-electron chi connectivity index (χ2n) is 6.12. The van der Waals surface area contributed by atoms with E-state index in [4.69, 9.17) is 10.8 Å². The fraction of sp³-hybridized carbons (Fsp3) is 0.667. The average Bonchev–Trinajstić information content (AvgIpc) is 2.60. The van der Waals surface area contributed by atoms with Gasteiger partial charge in [0.25, 0.3) is 0 Å². The van der Waals surface area contributed by atoms with Gasteiger partial charge in [0.1, 0.15) is 12.1 Å². The van der Waals surface area contributed by atoms with Gasteiger partial charge in [0.2, 0.25) is 23.6 Å². The van der Waals surface area contributed by atoms with Crippen molar-refractivity contribution in [3.8, 4) is 0 Å². The summed E-state index contributed by atoms with van der Waals surface area (Å²) in [5.74, 6) is -4.48. The van der Waals surface area contributed by atoms with Gasteiger partial charge in [-0.2, -0.15) is 0 Å². The molecule has 0 rings (SSSR count). The summed E-state index contributed by atoms with van der Waals surface area (Å²) < 4.78 is 0. The first-order chi connectivity index (χ1) is 12.9. The summed E-state index contributed by atoms with van der Waals surface area (Å²) in [6.07, 6.45) is -2.44. The number of hydrogen-bond acceptors (Lipinski definition) is 8. The minimum atomic E-state index is -1.53. The van der Waals surface area contributed by atoms with Crippen LogP contribution in [0.5, 0.6) is 0 Å². The number of aliphatic carboxylic acids is 1. The van der Waals surface area contributed by atoms with E-state index in [0.29, 0.717) is 0 Å². The lowest BCUT2D eigenvalue weighted by Crippen LogP contribution is -2.53. The second-order valence-corrected chi connectivity index (χ2v) is 6.12. The van der Waals surface area contributed by atoms with Gasteiger partial charge in [-0.1, -0.05) is 0 Å². The third-order valence-corrected chi connectivity index (χ3v) is 3.50. The van der Waals surface area contributed by atoms with E-state index in [1.807, 2.05) is 5.32 Å². The van der Waals surface area contributed by atoms with Crippen LogP contribution in [0.1, 0.15) is 20.8 Å². The summed E-state index contributed by atoms with van der Waals surface area (Å²) in [5.41, 5.74) is 5.39. The van der Waals surface area contributed by atoms with Gasteiger partial charge in [-0.25, -0.2) is 4.79 Å². The van der Waals surface area contributed by atoms with E-state index in [-0.39, 0.29) is 0 Å². The minimum absolute atomic E-state index is 0.480. The smallest absolute Gasteiger partial charge is 0.328 e. The summed E-state index contributed by atoms with van der Waals surface area (Å²) in [6.45, 7) is 2.76. The maximum Gasteiger partial charge on any atom is 0.328 e. The quantitative estimate of drug-likeness (QED) is 0.165. The number of carbonyl (C=O) groups excluding carboxylic acids is 4. The Morgan fingerprint density at radius 2 is 1.29 bits per heavy atom. The average molecular weight is 405 g/mol. The van der Waals surface area contributed by atoms with Crippen molar-refractivity contribution in [2.75, 3.05) is 13.1 Å². The molecule has 0 saturated heterocycles. The van der Waals surface area contributed by atoms with Crippen molar-refractivity contribution in [2.45, 2.75) is 51.1 Å². The van der Waals surface area contributed by atoms with Crippen LogP contribution < -0.4 is 27.0 Å². The van der Waals surface area contributed by atoms with Crippen molar-refractivity contribution in [2.24, 2.45) is 5.73 Å². The summed E-state index contributed by atoms with van der Waals surface area (Å²) in [5, 5.41) is 36.0. The van der Waals surface area contributed by atoms with Crippen LogP contribution in [-0.2, 0) is 24.0 Å². The third kappa shape index (κ3) is 9.25. The molecule has 0 aliphatic heterocycles. The molecule has 0 bridgehead atoms. The molecule has 0 aromatic carbocycles. The van der Waals surface area contributed by atoms with Crippen LogP contribution in [0, 0.1) is 0 Å². The molecule has 0 radical (unpaired) electrons. The first-order valence-corrected chi connectivity index (χ1v) is 8.35. The Morgan fingerprint density at radius 3 is 1.71 bits per heavy atom. The Balaban J connectivity index is 4.34. The van der Waals surface area contributed by atoms with Gasteiger partial charge in [0.05, 0.1) is 25.3 Å². The highest BCUT2D eigenvalue weighted by Crippen LogP contribution is 1.93. The zero-order valence-corrected chi connectivity index (χ0v) is 15.8. The van der Waals surface area contributed by atoms with Crippen molar-refractivity contribution in [3.63, 3.8) is 0 Å². The lowest BCUT2D eigenvalue weighted by molar-refractivity contribution is -0.144. The number of nitrogens with two attached hydrogens (primary N) is 1. The third-order valence-electron chi connectivity index (χ3n) is 3.50. The molecule has 28 heavy (non-hydrogen) atoms. The number of nitrogens with one attached hydrogen (secondary N) is 4. The number of carbonyl (C=O) groups is 5. The van der Waals surface area contributed by atoms with Crippen molar-refractivity contribution >= 4 is 29.6 Å². The van der Waals surface area contributed by atoms with Crippen molar-refractivity contribution in [1.82, 2.24) is 21.3 Å². The van der Waals surface area contributed by atoms with Crippen LogP contribution in [0.3, 0.4) is 0 Å². The van der Waals surface area contributed by atoms with E-state index in [9.17, 15) is 34.2 Å². The molecular weight excluding hydrogens is 378 g/mol. The minimum Gasteiger partial charge on any atom is -0.480 e. The molecule has 0 aliphatic carbocycles. The van der Waals surface area contributed by atoms with Crippen LogP contribution in [0.2, 0.25) is 0 Å². The lowest BCUT2D eigenvalue weighted by Gasteiger charge is -2.18. The second kappa shape index (κ2) is 11.8. The number of aliphatic hydroxyl groups is 2. The van der Waals surface area contributed by atoms with Crippen LogP contribution >= 0.6 is 0 Å². The van der Waals surface area contributed by atoms with E-state index < -0.39 is 73.0 Å². The summed E-state index contributed by atoms with van der Waals surface area (Å²) >= 11 is 0. The highest BCUT2D eigenvalue weighted by atomic mass is 16.4. The summed E-state index contributed by atoms with van der Waals surface area (Å²) in [6, 6.07) is -3.80. The maximum absolute atomic E-state index is 11.9. The topological polar surface area (TPSA) is 220 Å². The Kier molecular flexibility index (Phi) is 10.7. The highest BCUT2D eigenvalue weighted by Gasteiger charge is 2.25. The Morgan fingerprint density at radius 1 is 0.821 bits per heavy atom. The molecule has 4 amide bonds. The lowest BCUT2D eigenvalue weighted by atomic mass is 10.2. The van der Waals surface area contributed by atoms with Gasteiger partial charge in [-0.3, -0.25) is 19.2 Å². The van der Waals surface area contributed by atoms with E-state index in [1.165, 1.54) is 20.8 Å². The van der Waals surface area contributed by atoms with Crippen LogP contribution in [0.4, 0.5) is 0 Å². The monoisotopic (exact) mass is 405 g/mol. The number of aliphatic hydroxyl groups excluding tert-OH is 2. The van der Waals surface area contributed by atoms with Gasteiger partial charge >= 0.3 is 5.97 Å². The predicted molar refractivity (Wildman–Crippen MR) is 94.5 cm³/mol. The predicted octanol–water partition coefficient (Wildman–Crippen LogP) is -4.62. The van der Waals surface area contributed by atoms with Gasteiger partial charge in [-0.05, 0) is 20.8 Å². The van der Waals surface area contributed by atoms with Gasteiger partial charge < -0.3 is 42.3 Å². The van der Waals surface area contributed by atoms with Crippen LogP contribution in [0.15, 0.2) is 0 Å². The molecule has 0 aromatic rings. The van der Waals surface area contributed by atoms with Gasteiger partial charge in [0.15, 0.2) is 6.04 Å². The number of amides is 4. The molecule has 160 valence electrons. The largest absolute Gasteiger partial charge is 0.480 e. The SMILES string of the molecule is C[C@H](NC(=O)CNC(=O)[C@@H](N)[C@@H](C)O)C(=O)NCC(=O)N[C@H](C(=O)O)[C@@H](C)O. The van der Waals surface area contributed by atoms with Gasteiger partial charge in [0, 0.05) is 0 Å². The number of carboxylic acids is 1. The molecule has 9 N–H and O–H groups in total. The Hall–Kier alpha value is -2.77. The number of hydrogen-bond donors (Lipinski definition) is 8. The van der Waals surface area contributed by atoms with E-state index in [0.717, 1.165) is 0 Å². The molecule has 0 fully saturated rings. The van der Waals surface area contributed by atoms with Crippen LogP contribution in [-0.4, -0.2) is 88.3 Å². The fourth-order valence-electron chi connectivity index (χ4n) is 1.80. The molecule has 0 aromatic heterocycles. The first kappa shape index (κ1) is 25.2. The van der Waals surface area contributed by atoms with Crippen molar-refractivity contribution in [3.05, 3.63) is 0 Å². The molecular formula is C15H27N5O8. The first-order valence-electron chi connectivity index (χ1n) is 8.35. The molecule has 0 heterocycles. The molecule has 0 aliphatic rings. The standard InChI is InChI=1S/C15H27N5O8/c1-6(19-9(23)4-18-14(26)11(16)7(2)21)13(25)17-5-10(24)20-12(8(3)22)15(27)28/h6-8,11-12,21-22H,4-5,16H2,1-3H3,(H,17,25)(H,18,26)(H,19,23)(H,20,24)(H,27,28)/t6-,7+,8+,11-,12-/m0/s1. The zero-order chi connectivity index (χ0) is 22.0. The van der Waals surface area contributed by atoms with Gasteiger partial charge in [-0.15, -0.1) is 0 Å². The summed E-state index contributed by atoms with van der Waals surface area (Å²) in [7, 11) is 0. The molecule has 0 saturated carbocycles. The van der Waals surface area contributed by atoms with Crippen LogP contribution in [0.25, 0.3) is 0 Å². The normalized spacial score (nSPS) is 15.9. The Bertz CT molecular complexity index is 595. The molecule has 5 atom stereocenters. The molecule has 13 heteroatoms. The molecule has 0 spiro atoms. The van der Waals surface area contributed by atoms with E-state index in [1.54, 1.807) is 0 Å². The Labute approximate surface area is 161 Å². The van der Waals surface area contributed by atoms with Crippen molar-refractivity contribution in [1.29, 1.82) is 0 Å². The van der Waals surface area contributed by atoms with E-state index >= 15 is 0 Å². The maximum atomic E-state index is 11.9. The number of carboxylic acid groups (broad SMARTS) is 1. The molecule has 0 unspecified atom stereocenters. The highest BCUT2D eigenvalue weighted by molar-refractivity contribution is 5.93. The zero-order valence-electron chi connectivity index (χ0n) is 15.8. The fourth-order valence-corrected chi connectivity index (χ4v) is 1.80. The number of rotatable bonds is 11. The van der Waals surface area contributed by atoms with Crippen molar-refractivity contribution < 1.29 is 39.3 Å². The summed E-state index contributed by atoms with van der Waals surface area (Å²) in [4.78, 5) is 57.6. The molecule has 13 nitrogen and oxygen atoms in total.